The lowest BCUT2D eigenvalue weighted by atomic mass is 9.89. The Balaban J connectivity index is 1.34. The average molecular weight is 446 g/mol. The van der Waals surface area contributed by atoms with Gasteiger partial charge < -0.3 is 15.1 Å². The van der Waals surface area contributed by atoms with Crippen molar-refractivity contribution in [3.05, 3.63) is 66.4 Å². The van der Waals surface area contributed by atoms with Gasteiger partial charge in [0.2, 0.25) is 5.95 Å². The second kappa shape index (κ2) is 9.51. The number of allylic oxidation sites excluding steroid dienone is 1. The number of likely N-dealkylation sites (N-methyl/N-ethyl adjacent to an activating group) is 1. The van der Waals surface area contributed by atoms with Crippen molar-refractivity contribution in [1.29, 1.82) is 0 Å². The normalized spacial score (nSPS) is 21.8. The number of aromatic nitrogens is 2. The molecule has 2 unspecified atom stereocenters. The molecule has 1 saturated heterocycles. The molecule has 2 aromatic carbocycles. The lowest BCUT2D eigenvalue weighted by Crippen LogP contribution is -2.44. The van der Waals surface area contributed by atoms with Crippen LogP contribution in [0.2, 0.25) is 0 Å². The fraction of sp³-hybridized carbons (Fsp3) is 0.385. The molecule has 1 fully saturated rings. The number of piperazine rings is 1. The van der Waals surface area contributed by atoms with Gasteiger partial charge in [0.05, 0.1) is 5.52 Å². The van der Waals surface area contributed by atoms with E-state index in [9.17, 15) is 0 Å². The molecule has 0 saturated carbocycles. The van der Waals surface area contributed by atoms with Crippen molar-refractivity contribution in [2.24, 2.45) is 0 Å². The molecule has 6 heteroatoms. The predicted molar refractivity (Wildman–Crippen MR) is 137 cm³/mol. The zero-order valence-corrected chi connectivity index (χ0v) is 19.7. The predicted octanol–water partition coefficient (Wildman–Crippen LogP) is 5.29. The summed E-state index contributed by atoms with van der Waals surface area (Å²) in [5.74, 6) is 1.13. The molecule has 166 valence electrons. The molecule has 5 rings (SSSR count). The molecule has 5 nitrogen and oxygen atoms in total. The molecule has 2 atom stereocenters. The zero-order valence-electron chi connectivity index (χ0n) is 18.9. The first-order valence-electron chi connectivity index (χ1n) is 11.5. The molecule has 1 aliphatic carbocycles. The first-order valence-corrected chi connectivity index (χ1v) is 12.7. The van der Waals surface area contributed by atoms with Crippen LogP contribution in [0.1, 0.15) is 24.3 Å². The zero-order chi connectivity index (χ0) is 21.9. The van der Waals surface area contributed by atoms with E-state index < -0.39 is 0 Å². The number of hydrogen-bond acceptors (Lipinski definition) is 6. The van der Waals surface area contributed by atoms with Gasteiger partial charge in [-0.25, -0.2) is 9.97 Å². The molecule has 2 aliphatic rings. The van der Waals surface area contributed by atoms with Crippen LogP contribution in [0.15, 0.2) is 60.8 Å². The minimum absolute atomic E-state index is 0.481. The summed E-state index contributed by atoms with van der Waals surface area (Å²) >= 11 is 1.94. The minimum Gasteiger partial charge on any atom is -0.369 e. The summed E-state index contributed by atoms with van der Waals surface area (Å²) in [6, 6.07) is 15.2. The van der Waals surface area contributed by atoms with E-state index in [-0.39, 0.29) is 0 Å². The number of benzene rings is 2. The number of fused-ring (bicyclic) bond motifs is 1. The van der Waals surface area contributed by atoms with E-state index in [1.54, 1.807) is 0 Å². The van der Waals surface area contributed by atoms with Crippen LogP contribution >= 0.6 is 11.8 Å². The summed E-state index contributed by atoms with van der Waals surface area (Å²) in [4.78, 5) is 14.2. The maximum absolute atomic E-state index is 4.84. The molecule has 0 spiro atoms. The second-order valence-electron chi connectivity index (χ2n) is 8.82. The first kappa shape index (κ1) is 21.3. The van der Waals surface area contributed by atoms with Crippen molar-refractivity contribution in [2.75, 3.05) is 49.7 Å². The number of hydrogen-bond donors (Lipinski definition) is 1. The molecular formula is C26H31N5S. The summed E-state index contributed by atoms with van der Waals surface area (Å²) < 4.78 is 0. The van der Waals surface area contributed by atoms with E-state index in [0.29, 0.717) is 17.1 Å². The Kier molecular flexibility index (Phi) is 6.32. The van der Waals surface area contributed by atoms with E-state index in [1.807, 2.05) is 18.0 Å². The largest absolute Gasteiger partial charge is 0.369 e. The van der Waals surface area contributed by atoms with Crippen LogP contribution in [0, 0.1) is 0 Å². The highest BCUT2D eigenvalue weighted by Crippen LogP contribution is 2.33. The first-order chi connectivity index (χ1) is 15.7. The number of thioether (sulfide) groups is 1. The Labute approximate surface area is 194 Å². The van der Waals surface area contributed by atoms with Gasteiger partial charge in [-0.05, 0) is 56.0 Å². The Morgan fingerprint density at radius 1 is 1.00 bits per heavy atom. The van der Waals surface area contributed by atoms with E-state index in [2.05, 4.69) is 88.0 Å². The fourth-order valence-electron chi connectivity index (χ4n) is 4.57. The molecule has 0 radical (unpaired) electrons. The molecule has 32 heavy (non-hydrogen) atoms. The van der Waals surface area contributed by atoms with Crippen LogP contribution in [0.25, 0.3) is 10.9 Å². The van der Waals surface area contributed by atoms with Gasteiger partial charge in [0.1, 0.15) is 0 Å². The van der Waals surface area contributed by atoms with Gasteiger partial charge in [-0.1, -0.05) is 30.4 Å². The molecule has 1 aliphatic heterocycles. The highest BCUT2D eigenvalue weighted by molar-refractivity contribution is 7.99. The van der Waals surface area contributed by atoms with E-state index in [4.69, 9.17) is 4.98 Å². The fourth-order valence-corrected chi connectivity index (χ4v) is 5.19. The number of nitrogens with one attached hydrogen (secondary N) is 1. The molecule has 1 N–H and O–H groups in total. The summed E-state index contributed by atoms with van der Waals surface area (Å²) in [7, 11) is 2.18. The van der Waals surface area contributed by atoms with E-state index in [1.165, 1.54) is 24.1 Å². The van der Waals surface area contributed by atoms with Gasteiger partial charge in [0, 0.05) is 60.3 Å². The molecule has 3 aromatic rings. The summed E-state index contributed by atoms with van der Waals surface area (Å²) in [5.41, 5.74) is 4.61. The van der Waals surface area contributed by atoms with Crippen LogP contribution in [-0.2, 0) is 0 Å². The third kappa shape index (κ3) is 4.76. The van der Waals surface area contributed by atoms with Gasteiger partial charge in [0.25, 0.3) is 0 Å². The van der Waals surface area contributed by atoms with Crippen molar-refractivity contribution < 1.29 is 0 Å². The summed E-state index contributed by atoms with van der Waals surface area (Å²) in [6.45, 7) is 4.31. The van der Waals surface area contributed by atoms with Gasteiger partial charge in [-0.2, -0.15) is 11.8 Å². The molecule has 0 amide bonds. The van der Waals surface area contributed by atoms with E-state index >= 15 is 0 Å². The van der Waals surface area contributed by atoms with E-state index in [0.717, 1.165) is 42.8 Å². The molecule has 2 heterocycles. The molecule has 0 bridgehead atoms. The maximum Gasteiger partial charge on any atom is 0.227 e. The third-order valence-electron chi connectivity index (χ3n) is 6.63. The third-order valence-corrected chi connectivity index (χ3v) is 7.63. The minimum atomic E-state index is 0.481. The summed E-state index contributed by atoms with van der Waals surface area (Å²) in [5, 5.41) is 5.16. The standard InChI is InChI=1S/C26H31N5S/c1-30-12-14-31(15-13-30)23-5-3-4-22(17-23)28-26-27-18-21-7-6-20(16-25(21)29-26)19-8-10-24(32-2)11-9-19/h3-8,10,16-19,24H,9,11-15H2,1-2H3,(H,27,28,29). The van der Waals surface area contributed by atoms with Gasteiger partial charge in [0.15, 0.2) is 0 Å². The lowest BCUT2D eigenvalue weighted by Gasteiger charge is -2.34. The van der Waals surface area contributed by atoms with Gasteiger partial charge in [-0.3, -0.25) is 0 Å². The Hall–Kier alpha value is -2.57. The quantitative estimate of drug-likeness (QED) is 0.538. The van der Waals surface area contributed by atoms with Gasteiger partial charge in [-0.15, -0.1) is 0 Å². The van der Waals surface area contributed by atoms with Crippen LogP contribution in [0.5, 0.6) is 0 Å². The van der Waals surface area contributed by atoms with Crippen molar-refractivity contribution in [2.45, 2.75) is 24.0 Å². The van der Waals surface area contributed by atoms with Crippen LogP contribution in [-0.4, -0.2) is 59.6 Å². The highest BCUT2D eigenvalue weighted by Gasteiger charge is 2.17. The maximum atomic E-state index is 4.84. The van der Waals surface area contributed by atoms with Crippen molar-refractivity contribution in [3.63, 3.8) is 0 Å². The molecule has 1 aromatic heterocycles. The number of rotatable bonds is 5. The lowest BCUT2D eigenvalue weighted by molar-refractivity contribution is 0.313. The van der Waals surface area contributed by atoms with Crippen LogP contribution in [0.3, 0.4) is 0 Å². The van der Waals surface area contributed by atoms with Gasteiger partial charge >= 0.3 is 0 Å². The number of nitrogens with zero attached hydrogens (tertiary/aromatic N) is 4. The highest BCUT2D eigenvalue weighted by atomic mass is 32.2. The Morgan fingerprint density at radius 2 is 1.88 bits per heavy atom. The van der Waals surface area contributed by atoms with Crippen molar-refractivity contribution in [1.82, 2.24) is 14.9 Å². The Bertz CT molecular complexity index is 1110. The monoisotopic (exact) mass is 445 g/mol. The van der Waals surface area contributed by atoms with Crippen LogP contribution < -0.4 is 10.2 Å². The van der Waals surface area contributed by atoms with Crippen LogP contribution in [0.4, 0.5) is 17.3 Å². The summed E-state index contributed by atoms with van der Waals surface area (Å²) in [6.07, 6.45) is 11.3. The smallest absolute Gasteiger partial charge is 0.227 e. The second-order valence-corrected chi connectivity index (χ2v) is 9.90. The SMILES string of the molecule is CSC1C=CC(c2ccc3cnc(Nc4cccc(N5CCN(C)CC5)c4)nc3c2)CC1. The van der Waals surface area contributed by atoms with Crippen molar-refractivity contribution >= 4 is 40.0 Å². The number of anilines is 3. The molecular weight excluding hydrogens is 414 g/mol. The topological polar surface area (TPSA) is 44.3 Å². The van der Waals surface area contributed by atoms with Crippen molar-refractivity contribution in [3.8, 4) is 0 Å². The Morgan fingerprint density at radius 3 is 2.66 bits per heavy atom. The average Bonchev–Trinajstić information content (AvgIpc) is 2.84.